The molecule has 0 aliphatic carbocycles. The maximum atomic E-state index is 11.1. The molecule has 2 heterocycles. The molecule has 0 aromatic rings. The molecule has 2 N–H and O–H groups in total. The van der Waals surface area contributed by atoms with E-state index in [0.717, 1.165) is 5.57 Å². The molecule has 0 spiro atoms. The van der Waals surface area contributed by atoms with Crippen molar-refractivity contribution in [3.63, 3.8) is 0 Å². The Morgan fingerprint density at radius 3 is 2.92 bits per heavy atom. The molecule has 0 radical (unpaired) electrons. The van der Waals surface area contributed by atoms with Crippen molar-refractivity contribution in [1.29, 1.82) is 0 Å². The van der Waals surface area contributed by atoms with Crippen molar-refractivity contribution >= 4 is 11.6 Å². The minimum absolute atomic E-state index is 0.0144. The van der Waals surface area contributed by atoms with Gasteiger partial charge in [-0.2, -0.15) is 0 Å². The van der Waals surface area contributed by atoms with Gasteiger partial charge in [-0.3, -0.25) is 9.79 Å². The van der Waals surface area contributed by atoms with Crippen LogP contribution in [0.15, 0.2) is 16.3 Å². The molecule has 2 rings (SSSR count). The molecule has 0 aromatic heterocycles. The van der Waals surface area contributed by atoms with Crippen LogP contribution in [0.1, 0.15) is 20.3 Å². The van der Waals surface area contributed by atoms with Gasteiger partial charge in [0.15, 0.2) is 0 Å². The van der Waals surface area contributed by atoms with Gasteiger partial charge in [0.25, 0.3) is 0 Å². The van der Waals surface area contributed by atoms with E-state index in [2.05, 4.69) is 10.3 Å². The van der Waals surface area contributed by atoms with Gasteiger partial charge in [-0.25, -0.2) is 0 Å². The maximum absolute atomic E-state index is 11.1. The van der Waals surface area contributed by atoms with Crippen molar-refractivity contribution in [2.75, 3.05) is 0 Å². The van der Waals surface area contributed by atoms with Gasteiger partial charge in [0.05, 0.1) is 5.71 Å². The zero-order valence-corrected chi connectivity index (χ0v) is 7.66. The molecule has 2 atom stereocenters. The van der Waals surface area contributed by atoms with Gasteiger partial charge < -0.3 is 10.4 Å². The summed E-state index contributed by atoms with van der Waals surface area (Å²) in [7, 11) is 0. The predicted octanol–water partition coefficient (Wildman–Crippen LogP) is 0.755. The summed E-state index contributed by atoms with van der Waals surface area (Å²) in [6.07, 6.45) is 0.292. The van der Waals surface area contributed by atoms with E-state index in [0.29, 0.717) is 12.1 Å². The second kappa shape index (κ2) is 2.58. The van der Waals surface area contributed by atoms with E-state index in [4.69, 9.17) is 0 Å². The van der Waals surface area contributed by atoms with E-state index < -0.39 is 0 Å². The topological polar surface area (TPSA) is 61.7 Å². The second-order valence-corrected chi connectivity index (χ2v) is 3.57. The Balaban J connectivity index is 2.39. The van der Waals surface area contributed by atoms with E-state index in [1.54, 1.807) is 6.92 Å². The van der Waals surface area contributed by atoms with Crippen LogP contribution in [0.3, 0.4) is 0 Å². The standard InChI is InChI=1S/C9H12N2O2/c1-4-6-3-7(12)11-9(6)10-5(2)8(4)13/h6,9,13H,3H2,1-2H3,(H,11,12). The highest BCUT2D eigenvalue weighted by Crippen LogP contribution is 2.30. The van der Waals surface area contributed by atoms with E-state index in [9.17, 15) is 9.90 Å². The lowest BCUT2D eigenvalue weighted by Gasteiger charge is -2.22. The fourth-order valence-electron chi connectivity index (χ4n) is 1.88. The number of dihydropyridines is 1. The number of nitrogens with one attached hydrogen (secondary N) is 1. The quantitative estimate of drug-likeness (QED) is 0.578. The van der Waals surface area contributed by atoms with Crippen molar-refractivity contribution in [2.45, 2.75) is 26.4 Å². The van der Waals surface area contributed by atoms with Gasteiger partial charge in [0.1, 0.15) is 11.9 Å². The zero-order valence-electron chi connectivity index (χ0n) is 7.66. The highest BCUT2D eigenvalue weighted by molar-refractivity contribution is 5.98. The van der Waals surface area contributed by atoms with Crippen LogP contribution in [0.5, 0.6) is 0 Å². The molecule has 1 saturated heterocycles. The number of nitrogens with zero attached hydrogens (tertiary/aromatic N) is 1. The average molecular weight is 180 g/mol. The molecule has 13 heavy (non-hydrogen) atoms. The number of fused-ring (bicyclic) bond motifs is 1. The first-order valence-corrected chi connectivity index (χ1v) is 4.33. The molecule has 4 nitrogen and oxygen atoms in total. The number of hydrogen-bond acceptors (Lipinski definition) is 3. The molecule has 1 fully saturated rings. The fraction of sp³-hybridized carbons (Fsp3) is 0.556. The Bertz CT molecular complexity index is 331. The Kier molecular flexibility index (Phi) is 1.65. The third-order valence-corrected chi connectivity index (χ3v) is 2.70. The number of aliphatic imine (C=N–C) groups is 1. The van der Waals surface area contributed by atoms with Crippen molar-refractivity contribution in [2.24, 2.45) is 10.9 Å². The second-order valence-electron chi connectivity index (χ2n) is 3.57. The van der Waals surface area contributed by atoms with Crippen LogP contribution in [-0.2, 0) is 4.79 Å². The van der Waals surface area contributed by atoms with Gasteiger partial charge >= 0.3 is 0 Å². The van der Waals surface area contributed by atoms with Crippen LogP contribution in [-0.4, -0.2) is 22.9 Å². The van der Waals surface area contributed by atoms with Crippen LogP contribution < -0.4 is 5.32 Å². The Hall–Kier alpha value is -1.32. The van der Waals surface area contributed by atoms with Crippen LogP contribution in [0.25, 0.3) is 0 Å². The van der Waals surface area contributed by atoms with E-state index >= 15 is 0 Å². The van der Waals surface area contributed by atoms with Crippen molar-refractivity contribution in [3.8, 4) is 0 Å². The minimum atomic E-state index is -0.150. The zero-order chi connectivity index (χ0) is 9.59. The minimum Gasteiger partial charge on any atom is -0.506 e. The summed E-state index contributed by atoms with van der Waals surface area (Å²) >= 11 is 0. The van der Waals surface area contributed by atoms with Crippen molar-refractivity contribution in [1.82, 2.24) is 5.32 Å². The molecule has 4 heteroatoms. The molecule has 2 aliphatic rings. The van der Waals surface area contributed by atoms with E-state index in [1.165, 1.54) is 0 Å². The van der Waals surface area contributed by atoms with Crippen LogP contribution in [0, 0.1) is 5.92 Å². The predicted molar refractivity (Wildman–Crippen MR) is 48.5 cm³/mol. The highest BCUT2D eigenvalue weighted by Gasteiger charge is 2.37. The van der Waals surface area contributed by atoms with Crippen LogP contribution in [0.2, 0.25) is 0 Å². The molecule has 0 aromatic carbocycles. The summed E-state index contributed by atoms with van der Waals surface area (Å²) < 4.78 is 0. The molecule has 0 bridgehead atoms. The normalized spacial score (nSPS) is 32.8. The third-order valence-electron chi connectivity index (χ3n) is 2.70. The lowest BCUT2D eigenvalue weighted by molar-refractivity contribution is -0.119. The first kappa shape index (κ1) is 8.29. The van der Waals surface area contributed by atoms with E-state index in [1.807, 2.05) is 6.92 Å². The number of carbonyl (C=O) groups is 1. The van der Waals surface area contributed by atoms with Gasteiger partial charge in [0.2, 0.25) is 5.91 Å². The van der Waals surface area contributed by atoms with Gasteiger partial charge in [0, 0.05) is 12.3 Å². The molecule has 2 aliphatic heterocycles. The number of amides is 1. The fourth-order valence-corrected chi connectivity index (χ4v) is 1.88. The number of allylic oxidation sites excluding steroid dienone is 1. The summed E-state index contributed by atoms with van der Waals surface area (Å²) in [4.78, 5) is 15.3. The molecule has 70 valence electrons. The highest BCUT2D eigenvalue weighted by atomic mass is 16.3. The maximum Gasteiger partial charge on any atom is 0.222 e. The summed E-state index contributed by atoms with van der Waals surface area (Å²) in [6, 6.07) is 0. The van der Waals surface area contributed by atoms with Crippen molar-refractivity contribution < 1.29 is 9.90 Å². The SMILES string of the molecule is CC1=NC2NC(=O)CC2C(C)=C1O. The van der Waals surface area contributed by atoms with Crippen LogP contribution >= 0.6 is 0 Å². The van der Waals surface area contributed by atoms with Gasteiger partial charge in [-0.1, -0.05) is 0 Å². The smallest absolute Gasteiger partial charge is 0.222 e. The summed E-state index contributed by atoms with van der Waals surface area (Å²) in [5.74, 6) is 0.314. The molecule has 2 unspecified atom stereocenters. The summed E-state index contributed by atoms with van der Waals surface area (Å²) in [5.41, 5.74) is 1.48. The summed E-state index contributed by atoms with van der Waals surface area (Å²) in [5, 5.41) is 12.4. The largest absolute Gasteiger partial charge is 0.506 e. The van der Waals surface area contributed by atoms with Gasteiger partial charge in [-0.15, -0.1) is 0 Å². The number of rotatable bonds is 0. The van der Waals surface area contributed by atoms with E-state index in [-0.39, 0.29) is 23.8 Å². The third kappa shape index (κ3) is 1.13. The number of hydrogen-bond donors (Lipinski definition) is 2. The van der Waals surface area contributed by atoms with Gasteiger partial charge in [-0.05, 0) is 19.4 Å². The summed E-state index contributed by atoms with van der Waals surface area (Å²) in [6.45, 7) is 3.60. The lowest BCUT2D eigenvalue weighted by atomic mass is 9.92. The Labute approximate surface area is 76.4 Å². The first-order chi connectivity index (χ1) is 6.09. The number of aliphatic hydroxyl groups is 1. The monoisotopic (exact) mass is 180 g/mol. The molecular weight excluding hydrogens is 168 g/mol. The molecule has 0 saturated carbocycles. The average Bonchev–Trinajstić information content (AvgIpc) is 2.42. The van der Waals surface area contributed by atoms with Crippen LogP contribution in [0.4, 0.5) is 0 Å². The molecular formula is C9H12N2O2. The first-order valence-electron chi connectivity index (χ1n) is 4.33. The van der Waals surface area contributed by atoms with Crippen molar-refractivity contribution in [3.05, 3.63) is 11.3 Å². The number of aliphatic hydroxyl groups excluding tert-OH is 1. The number of carbonyl (C=O) groups excluding carboxylic acids is 1. The Morgan fingerprint density at radius 2 is 2.23 bits per heavy atom. The lowest BCUT2D eigenvalue weighted by Crippen LogP contribution is -2.32. The Morgan fingerprint density at radius 1 is 1.54 bits per heavy atom. The molecule has 1 amide bonds.